The van der Waals surface area contributed by atoms with Crippen LogP contribution in [0.15, 0.2) is 23.8 Å². The SMILES string of the molecule is C[C@H](CC[C@@H]1OC1(C)C)[C@H]1CC[C@H]2[C@@H]3C=CC4=C[C@@H](O)CC[C@]4(C)[C@H]3CC[C@]12C. The summed E-state index contributed by atoms with van der Waals surface area (Å²) in [6.07, 6.45) is 17.7. The van der Waals surface area contributed by atoms with Crippen LogP contribution in [-0.4, -0.2) is 22.9 Å². The average Bonchev–Trinajstić information content (AvgIpc) is 3.11. The van der Waals surface area contributed by atoms with Crippen molar-refractivity contribution in [3.05, 3.63) is 23.8 Å². The Morgan fingerprint density at radius 2 is 1.83 bits per heavy atom. The van der Waals surface area contributed by atoms with Crippen LogP contribution in [-0.2, 0) is 4.74 Å². The summed E-state index contributed by atoms with van der Waals surface area (Å²) in [5, 5.41) is 10.2. The molecule has 1 N–H and O–H groups in total. The Labute approximate surface area is 178 Å². The van der Waals surface area contributed by atoms with Gasteiger partial charge in [0.05, 0.1) is 17.8 Å². The highest BCUT2D eigenvalue weighted by atomic mass is 16.6. The third kappa shape index (κ3) is 3.11. The molecule has 0 aromatic heterocycles. The summed E-state index contributed by atoms with van der Waals surface area (Å²) < 4.78 is 5.86. The first kappa shape index (κ1) is 20.3. The quantitative estimate of drug-likeness (QED) is 0.564. The molecule has 2 heteroatoms. The minimum Gasteiger partial charge on any atom is -0.389 e. The second-order valence-electron chi connectivity index (χ2n) is 12.3. The normalized spacial score (nSPS) is 50.9. The van der Waals surface area contributed by atoms with E-state index in [-0.39, 0.29) is 11.7 Å². The van der Waals surface area contributed by atoms with Gasteiger partial charge in [-0.25, -0.2) is 0 Å². The van der Waals surface area contributed by atoms with E-state index in [4.69, 9.17) is 4.74 Å². The standard InChI is InChI=1S/C27H42O2/c1-17(6-11-24-25(2,3)29-24)21-9-10-22-20-8-7-18-16-19(28)12-14-26(18,4)23(20)13-15-27(21,22)5/h7-8,16-17,19-24,28H,6,9-15H2,1-5H3/t17-,19+,20+,21-,22+,23+,24+,26+,27-/m1/s1. The maximum Gasteiger partial charge on any atom is 0.0892 e. The summed E-state index contributed by atoms with van der Waals surface area (Å²) in [5.74, 6) is 4.06. The van der Waals surface area contributed by atoms with Crippen molar-refractivity contribution in [2.24, 2.45) is 40.4 Å². The summed E-state index contributed by atoms with van der Waals surface area (Å²) in [6, 6.07) is 0. The topological polar surface area (TPSA) is 32.8 Å². The molecule has 0 spiro atoms. The van der Waals surface area contributed by atoms with E-state index in [9.17, 15) is 5.11 Å². The lowest BCUT2D eigenvalue weighted by molar-refractivity contribution is -0.0300. The van der Waals surface area contributed by atoms with Gasteiger partial charge in [-0.1, -0.05) is 39.0 Å². The Bertz CT molecular complexity index is 720. The first-order chi connectivity index (χ1) is 13.6. The third-order valence-corrected chi connectivity index (χ3v) is 10.4. The van der Waals surface area contributed by atoms with E-state index >= 15 is 0 Å². The van der Waals surface area contributed by atoms with Crippen LogP contribution in [0.1, 0.15) is 86.0 Å². The van der Waals surface area contributed by atoms with Gasteiger partial charge in [0.25, 0.3) is 0 Å². The van der Waals surface area contributed by atoms with Crippen molar-refractivity contribution in [2.45, 2.75) is 104 Å². The lowest BCUT2D eigenvalue weighted by atomic mass is 9.48. The van der Waals surface area contributed by atoms with Gasteiger partial charge in [-0.05, 0) is 111 Å². The van der Waals surface area contributed by atoms with Gasteiger partial charge in [-0.15, -0.1) is 0 Å². The van der Waals surface area contributed by atoms with Crippen LogP contribution in [0.4, 0.5) is 0 Å². The van der Waals surface area contributed by atoms with Crippen LogP contribution in [0.2, 0.25) is 0 Å². The van der Waals surface area contributed by atoms with Crippen LogP contribution in [0.5, 0.6) is 0 Å². The second-order valence-corrected chi connectivity index (χ2v) is 12.3. The third-order valence-electron chi connectivity index (χ3n) is 10.4. The predicted molar refractivity (Wildman–Crippen MR) is 118 cm³/mol. The summed E-state index contributed by atoms with van der Waals surface area (Å²) >= 11 is 0. The lowest BCUT2D eigenvalue weighted by Crippen LogP contribution is -2.49. The maximum atomic E-state index is 10.2. The number of hydrogen-bond donors (Lipinski definition) is 1. The van der Waals surface area contributed by atoms with Gasteiger partial charge in [0, 0.05) is 0 Å². The molecule has 0 unspecified atom stereocenters. The number of allylic oxidation sites excluding steroid dienone is 3. The van der Waals surface area contributed by atoms with E-state index < -0.39 is 0 Å². The Morgan fingerprint density at radius 3 is 2.55 bits per heavy atom. The van der Waals surface area contributed by atoms with E-state index in [2.05, 4.69) is 52.8 Å². The molecule has 0 radical (unpaired) electrons. The molecule has 0 aromatic carbocycles. The molecule has 2 nitrogen and oxygen atoms in total. The summed E-state index contributed by atoms with van der Waals surface area (Å²) in [7, 11) is 0. The van der Waals surface area contributed by atoms with Crippen LogP contribution in [0.3, 0.4) is 0 Å². The van der Waals surface area contributed by atoms with Crippen molar-refractivity contribution < 1.29 is 9.84 Å². The molecule has 1 aliphatic heterocycles. The number of epoxide rings is 1. The zero-order valence-corrected chi connectivity index (χ0v) is 19.3. The van der Waals surface area contributed by atoms with Crippen molar-refractivity contribution in [3.63, 3.8) is 0 Å². The first-order valence-electron chi connectivity index (χ1n) is 12.4. The van der Waals surface area contributed by atoms with E-state index in [0.29, 0.717) is 16.9 Å². The molecule has 3 fully saturated rings. The molecule has 5 rings (SSSR count). The molecule has 0 bridgehead atoms. The fourth-order valence-electron chi connectivity index (χ4n) is 8.47. The summed E-state index contributed by atoms with van der Waals surface area (Å²) in [5.41, 5.74) is 2.37. The van der Waals surface area contributed by atoms with Crippen molar-refractivity contribution in [3.8, 4) is 0 Å². The smallest absolute Gasteiger partial charge is 0.0892 e. The Balaban J connectivity index is 1.33. The average molecular weight is 399 g/mol. The molecule has 2 saturated carbocycles. The molecule has 9 atom stereocenters. The van der Waals surface area contributed by atoms with Crippen molar-refractivity contribution in [2.75, 3.05) is 0 Å². The first-order valence-corrected chi connectivity index (χ1v) is 12.4. The minimum atomic E-state index is -0.231. The molecule has 29 heavy (non-hydrogen) atoms. The zero-order valence-electron chi connectivity index (χ0n) is 19.3. The number of rotatable bonds is 4. The monoisotopic (exact) mass is 398 g/mol. The molecule has 162 valence electrons. The summed E-state index contributed by atoms with van der Waals surface area (Å²) in [6.45, 7) is 12.1. The van der Waals surface area contributed by atoms with Gasteiger partial charge in [-0.2, -0.15) is 0 Å². The van der Waals surface area contributed by atoms with Crippen LogP contribution in [0.25, 0.3) is 0 Å². The van der Waals surface area contributed by atoms with Crippen molar-refractivity contribution in [1.29, 1.82) is 0 Å². The molecule has 1 saturated heterocycles. The highest BCUT2D eigenvalue weighted by Gasteiger charge is 2.58. The summed E-state index contributed by atoms with van der Waals surface area (Å²) in [4.78, 5) is 0. The van der Waals surface area contributed by atoms with E-state index in [0.717, 1.165) is 42.4 Å². The van der Waals surface area contributed by atoms with Gasteiger partial charge < -0.3 is 9.84 Å². The Kier molecular flexibility index (Phi) is 4.69. The van der Waals surface area contributed by atoms with Crippen LogP contribution < -0.4 is 0 Å². The van der Waals surface area contributed by atoms with Crippen molar-refractivity contribution >= 4 is 0 Å². The van der Waals surface area contributed by atoms with Gasteiger partial charge in [0.15, 0.2) is 0 Å². The Morgan fingerprint density at radius 1 is 1.07 bits per heavy atom. The Hall–Kier alpha value is -0.600. The number of ether oxygens (including phenoxy) is 1. The van der Waals surface area contributed by atoms with E-state index in [1.165, 1.54) is 44.1 Å². The van der Waals surface area contributed by atoms with E-state index in [1.807, 2.05) is 0 Å². The van der Waals surface area contributed by atoms with E-state index in [1.54, 1.807) is 0 Å². The largest absolute Gasteiger partial charge is 0.389 e. The highest BCUT2D eigenvalue weighted by Crippen LogP contribution is 2.66. The van der Waals surface area contributed by atoms with Gasteiger partial charge >= 0.3 is 0 Å². The molecule has 4 aliphatic carbocycles. The molecular weight excluding hydrogens is 356 g/mol. The zero-order chi connectivity index (χ0) is 20.6. The lowest BCUT2D eigenvalue weighted by Gasteiger charge is -2.57. The number of aliphatic hydroxyl groups excluding tert-OH is 1. The second kappa shape index (κ2) is 6.70. The van der Waals surface area contributed by atoms with Gasteiger partial charge in [-0.3, -0.25) is 0 Å². The van der Waals surface area contributed by atoms with Crippen LogP contribution >= 0.6 is 0 Å². The van der Waals surface area contributed by atoms with Crippen molar-refractivity contribution in [1.82, 2.24) is 0 Å². The fourth-order valence-corrected chi connectivity index (χ4v) is 8.47. The van der Waals surface area contributed by atoms with Crippen LogP contribution in [0, 0.1) is 40.4 Å². The highest BCUT2D eigenvalue weighted by molar-refractivity contribution is 5.36. The molecule has 5 aliphatic rings. The van der Waals surface area contributed by atoms with Gasteiger partial charge in [0.2, 0.25) is 0 Å². The maximum absolute atomic E-state index is 10.2. The molecule has 0 aromatic rings. The number of hydrogen-bond acceptors (Lipinski definition) is 2. The number of aliphatic hydroxyl groups is 1. The van der Waals surface area contributed by atoms with Gasteiger partial charge in [0.1, 0.15) is 0 Å². The predicted octanol–water partition coefficient (Wildman–Crippen LogP) is 6.30. The molecular formula is C27H42O2. The minimum absolute atomic E-state index is 0.140. The molecule has 1 heterocycles. The molecule has 0 amide bonds. The fraction of sp³-hybridized carbons (Fsp3) is 0.852. The number of fused-ring (bicyclic) bond motifs is 5.